The van der Waals surface area contributed by atoms with E-state index in [0.29, 0.717) is 11.4 Å². The lowest BCUT2D eigenvalue weighted by Crippen LogP contribution is -1.94. The number of nitriles is 1. The van der Waals surface area contributed by atoms with E-state index in [4.69, 9.17) is 11.0 Å². The molecule has 4 heteroatoms. The Kier molecular flexibility index (Phi) is 1.92. The zero-order valence-electron chi connectivity index (χ0n) is 8.88. The van der Waals surface area contributed by atoms with Crippen molar-refractivity contribution in [3.05, 3.63) is 42.2 Å². The fourth-order valence-electron chi connectivity index (χ4n) is 1.94. The van der Waals surface area contributed by atoms with Crippen LogP contribution >= 0.6 is 0 Å². The molecule has 0 amide bonds. The van der Waals surface area contributed by atoms with E-state index >= 15 is 0 Å². The van der Waals surface area contributed by atoms with Crippen LogP contribution in [0.4, 0.5) is 5.82 Å². The molecule has 1 aromatic carbocycles. The van der Waals surface area contributed by atoms with Crippen LogP contribution in [-0.2, 0) is 0 Å². The molecule has 0 radical (unpaired) electrons. The molecule has 0 aliphatic carbocycles. The van der Waals surface area contributed by atoms with Crippen LogP contribution in [-0.4, -0.2) is 9.97 Å². The van der Waals surface area contributed by atoms with Gasteiger partial charge in [0.1, 0.15) is 5.82 Å². The second-order valence-electron chi connectivity index (χ2n) is 3.76. The highest BCUT2D eigenvalue weighted by Gasteiger charge is 2.06. The number of nitrogens with zero attached hydrogens (tertiary/aromatic N) is 3. The van der Waals surface area contributed by atoms with Gasteiger partial charge < -0.3 is 5.73 Å². The lowest BCUT2D eigenvalue weighted by atomic mass is 10.1. The number of aromatic nitrogens is 2. The van der Waals surface area contributed by atoms with Crippen LogP contribution in [0.5, 0.6) is 0 Å². The van der Waals surface area contributed by atoms with Crippen LogP contribution in [0, 0.1) is 11.3 Å². The van der Waals surface area contributed by atoms with E-state index in [9.17, 15) is 0 Å². The third kappa shape index (κ3) is 1.37. The molecular weight excluding hydrogens is 212 g/mol. The van der Waals surface area contributed by atoms with E-state index in [2.05, 4.69) is 16.0 Å². The van der Waals surface area contributed by atoms with Gasteiger partial charge in [-0.25, -0.2) is 4.98 Å². The number of hydrogen-bond donors (Lipinski definition) is 1. The van der Waals surface area contributed by atoms with Crippen molar-refractivity contribution in [3.63, 3.8) is 0 Å². The summed E-state index contributed by atoms with van der Waals surface area (Å²) in [7, 11) is 0. The zero-order valence-corrected chi connectivity index (χ0v) is 8.88. The summed E-state index contributed by atoms with van der Waals surface area (Å²) in [6.45, 7) is 0. The van der Waals surface area contributed by atoms with E-state index in [1.165, 1.54) is 0 Å². The molecule has 0 fully saturated rings. The third-order valence-corrected chi connectivity index (χ3v) is 2.75. The van der Waals surface area contributed by atoms with Crippen LogP contribution in [0.2, 0.25) is 0 Å². The van der Waals surface area contributed by atoms with Gasteiger partial charge in [-0.3, -0.25) is 4.98 Å². The van der Waals surface area contributed by atoms with Crippen LogP contribution in [0.1, 0.15) is 5.56 Å². The number of rotatable bonds is 0. The molecule has 0 aliphatic heterocycles. The molecule has 0 saturated heterocycles. The maximum atomic E-state index is 8.86. The molecule has 2 aromatic heterocycles. The molecule has 0 aliphatic rings. The van der Waals surface area contributed by atoms with Crippen LogP contribution < -0.4 is 5.73 Å². The van der Waals surface area contributed by atoms with Crippen molar-refractivity contribution in [1.82, 2.24) is 9.97 Å². The predicted molar refractivity (Wildman–Crippen MR) is 66.2 cm³/mol. The van der Waals surface area contributed by atoms with Gasteiger partial charge in [0.05, 0.1) is 17.1 Å². The predicted octanol–water partition coefficient (Wildman–Crippen LogP) is 2.24. The van der Waals surface area contributed by atoms with Gasteiger partial charge in [0, 0.05) is 28.6 Å². The van der Waals surface area contributed by atoms with Crippen LogP contribution in [0.15, 0.2) is 36.7 Å². The normalized spacial score (nSPS) is 10.5. The second kappa shape index (κ2) is 3.42. The summed E-state index contributed by atoms with van der Waals surface area (Å²) in [5.74, 6) is 0.463. The number of anilines is 1. The van der Waals surface area contributed by atoms with Gasteiger partial charge in [-0.2, -0.15) is 5.26 Å². The average Bonchev–Trinajstić information content (AvgIpc) is 2.38. The van der Waals surface area contributed by atoms with Gasteiger partial charge in [-0.15, -0.1) is 0 Å². The first kappa shape index (κ1) is 9.55. The molecule has 80 valence electrons. The minimum absolute atomic E-state index is 0.463. The van der Waals surface area contributed by atoms with E-state index < -0.39 is 0 Å². The van der Waals surface area contributed by atoms with E-state index in [1.54, 1.807) is 24.5 Å². The SMILES string of the molecule is N#Cc1ccc2c(c1)nc(N)c1ccncc12. The number of nitrogens with two attached hydrogens (primary N) is 1. The minimum Gasteiger partial charge on any atom is -0.383 e. The standard InChI is InChI=1S/C13H8N4/c14-6-8-1-2-9-11-7-16-4-3-10(11)13(15)17-12(9)5-8/h1-5,7H,(H2,15,17). The summed E-state index contributed by atoms with van der Waals surface area (Å²) in [6.07, 6.45) is 3.46. The summed E-state index contributed by atoms with van der Waals surface area (Å²) in [6, 6.07) is 9.32. The lowest BCUT2D eigenvalue weighted by Gasteiger charge is -2.05. The molecule has 4 nitrogen and oxygen atoms in total. The first-order valence-electron chi connectivity index (χ1n) is 5.12. The van der Waals surface area contributed by atoms with Crippen molar-refractivity contribution < 1.29 is 0 Å². The smallest absolute Gasteiger partial charge is 0.132 e. The van der Waals surface area contributed by atoms with Crippen molar-refractivity contribution in [3.8, 4) is 6.07 Å². The Morgan fingerprint density at radius 3 is 2.82 bits per heavy atom. The molecule has 3 rings (SSSR count). The lowest BCUT2D eigenvalue weighted by molar-refractivity contribution is 1.35. The first-order valence-corrected chi connectivity index (χ1v) is 5.12. The van der Waals surface area contributed by atoms with Crippen molar-refractivity contribution in [1.29, 1.82) is 5.26 Å². The number of fused-ring (bicyclic) bond motifs is 3. The van der Waals surface area contributed by atoms with Crippen LogP contribution in [0.3, 0.4) is 0 Å². The third-order valence-electron chi connectivity index (χ3n) is 2.75. The van der Waals surface area contributed by atoms with Gasteiger partial charge in [-0.1, -0.05) is 6.07 Å². The topological polar surface area (TPSA) is 75.6 Å². The van der Waals surface area contributed by atoms with Gasteiger partial charge in [0.25, 0.3) is 0 Å². The highest BCUT2D eigenvalue weighted by molar-refractivity contribution is 6.09. The maximum absolute atomic E-state index is 8.86. The van der Waals surface area contributed by atoms with Crippen molar-refractivity contribution >= 4 is 27.5 Å². The summed E-state index contributed by atoms with van der Waals surface area (Å²) < 4.78 is 0. The molecule has 0 atom stereocenters. The Morgan fingerprint density at radius 2 is 2.00 bits per heavy atom. The van der Waals surface area contributed by atoms with Crippen molar-refractivity contribution in [2.24, 2.45) is 0 Å². The molecule has 0 bridgehead atoms. The fourth-order valence-corrected chi connectivity index (χ4v) is 1.94. The molecular formula is C13H8N4. The molecule has 0 saturated carbocycles. The monoisotopic (exact) mass is 220 g/mol. The van der Waals surface area contributed by atoms with E-state index in [1.807, 2.05) is 12.1 Å². The summed E-state index contributed by atoms with van der Waals surface area (Å²) in [5, 5.41) is 11.7. The molecule has 2 N–H and O–H groups in total. The number of pyridine rings is 2. The quantitative estimate of drug-likeness (QED) is 0.589. The van der Waals surface area contributed by atoms with Crippen molar-refractivity contribution in [2.45, 2.75) is 0 Å². The summed E-state index contributed by atoms with van der Waals surface area (Å²) in [4.78, 5) is 8.41. The van der Waals surface area contributed by atoms with E-state index in [0.717, 1.165) is 21.7 Å². The Morgan fingerprint density at radius 1 is 1.12 bits per heavy atom. The highest BCUT2D eigenvalue weighted by atomic mass is 14.8. The number of benzene rings is 1. The Hall–Kier alpha value is -2.67. The summed E-state index contributed by atoms with van der Waals surface area (Å²) in [5.41, 5.74) is 7.19. The van der Waals surface area contributed by atoms with Crippen LogP contribution in [0.25, 0.3) is 21.7 Å². The Labute approximate surface area is 97.3 Å². The molecule has 0 unspecified atom stereocenters. The summed E-state index contributed by atoms with van der Waals surface area (Å²) >= 11 is 0. The second-order valence-corrected chi connectivity index (χ2v) is 3.76. The van der Waals surface area contributed by atoms with Gasteiger partial charge in [-0.05, 0) is 18.2 Å². The molecule has 2 heterocycles. The average molecular weight is 220 g/mol. The Balaban J connectivity index is 2.53. The molecule has 17 heavy (non-hydrogen) atoms. The van der Waals surface area contributed by atoms with E-state index in [-0.39, 0.29) is 0 Å². The largest absolute Gasteiger partial charge is 0.383 e. The first-order chi connectivity index (χ1) is 8.29. The van der Waals surface area contributed by atoms with Gasteiger partial charge in [0.2, 0.25) is 0 Å². The highest BCUT2D eigenvalue weighted by Crippen LogP contribution is 2.27. The minimum atomic E-state index is 0.463. The fraction of sp³-hybridized carbons (Fsp3) is 0. The number of hydrogen-bond acceptors (Lipinski definition) is 4. The van der Waals surface area contributed by atoms with Crippen molar-refractivity contribution in [2.75, 3.05) is 5.73 Å². The molecule has 0 spiro atoms. The maximum Gasteiger partial charge on any atom is 0.132 e. The van der Waals surface area contributed by atoms with Gasteiger partial charge >= 0.3 is 0 Å². The van der Waals surface area contributed by atoms with Gasteiger partial charge in [0.15, 0.2) is 0 Å². The molecule has 3 aromatic rings. The number of nitrogen functional groups attached to an aromatic ring is 1. The zero-order chi connectivity index (χ0) is 11.8. The Bertz CT molecular complexity index is 771.